The average Bonchev–Trinajstić information content (AvgIpc) is 2.43. The highest BCUT2D eigenvalue weighted by atomic mass is 16.4. The molecule has 0 bridgehead atoms. The lowest BCUT2D eigenvalue weighted by molar-refractivity contribution is -0.137. The van der Waals surface area contributed by atoms with Gasteiger partial charge in [-0.1, -0.05) is 12.1 Å². The summed E-state index contributed by atoms with van der Waals surface area (Å²) in [4.78, 5) is 27.5. The van der Waals surface area contributed by atoms with Gasteiger partial charge in [0, 0.05) is 11.6 Å². The van der Waals surface area contributed by atoms with E-state index in [0.717, 1.165) is 0 Å². The quantitative estimate of drug-likeness (QED) is 0.705. The number of carboxylic acids is 1. The SMILES string of the molecule is O=C(O)Cn1c2ccccc2c(=O)c2cccnc21. The number of para-hydroxylation sites is 1. The number of carbonyl (C=O) groups is 1. The molecule has 2 heterocycles. The fourth-order valence-electron chi connectivity index (χ4n) is 2.24. The van der Waals surface area contributed by atoms with Crippen LogP contribution in [0.1, 0.15) is 0 Å². The van der Waals surface area contributed by atoms with E-state index in [1.54, 1.807) is 47.2 Å². The van der Waals surface area contributed by atoms with Gasteiger partial charge < -0.3 is 9.67 Å². The molecule has 0 spiro atoms. The molecule has 0 saturated heterocycles. The summed E-state index contributed by atoms with van der Waals surface area (Å²) < 4.78 is 1.55. The summed E-state index contributed by atoms with van der Waals surface area (Å²) in [6, 6.07) is 10.3. The standard InChI is InChI=1S/C14H10N2O3/c17-12(18)8-16-11-6-2-1-4-9(11)13(19)10-5-3-7-15-14(10)16/h1-7H,8H2,(H,17,18). The predicted octanol–water partition coefficient (Wildman–Crippen LogP) is 1.63. The zero-order chi connectivity index (χ0) is 13.4. The number of pyridine rings is 2. The van der Waals surface area contributed by atoms with Crippen molar-refractivity contribution in [3.8, 4) is 0 Å². The van der Waals surface area contributed by atoms with Crippen LogP contribution in [0.25, 0.3) is 21.9 Å². The third kappa shape index (κ3) is 1.76. The van der Waals surface area contributed by atoms with Crippen LogP contribution in [0.15, 0.2) is 47.4 Å². The number of rotatable bonds is 2. The van der Waals surface area contributed by atoms with E-state index in [-0.39, 0.29) is 12.0 Å². The minimum Gasteiger partial charge on any atom is -0.480 e. The van der Waals surface area contributed by atoms with Crippen LogP contribution in [0, 0.1) is 0 Å². The lowest BCUT2D eigenvalue weighted by atomic mass is 10.1. The van der Waals surface area contributed by atoms with E-state index in [9.17, 15) is 9.59 Å². The molecule has 0 aliphatic rings. The number of nitrogens with zero attached hydrogens (tertiary/aromatic N) is 2. The van der Waals surface area contributed by atoms with Crippen molar-refractivity contribution in [1.29, 1.82) is 0 Å². The zero-order valence-corrected chi connectivity index (χ0v) is 9.91. The Balaban J connectivity index is 2.56. The minimum absolute atomic E-state index is 0.125. The van der Waals surface area contributed by atoms with Crippen LogP contribution in [-0.4, -0.2) is 20.6 Å². The summed E-state index contributed by atoms with van der Waals surface area (Å²) in [6.07, 6.45) is 1.55. The number of fused-ring (bicyclic) bond motifs is 2. The fraction of sp³-hybridized carbons (Fsp3) is 0.0714. The first-order valence-corrected chi connectivity index (χ1v) is 5.76. The summed E-state index contributed by atoms with van der Waals surface area (Å²) >= 11 is 0. The number of aliphatic carboxylic acids is 1. The zero-order valence-electron chi connectivity index (χ0n) is 9.91. The number of aromatic nitrogens is 2. The van der Waals surface area contributed by atoms with Gasteiger partial charge >= 0.3 is 5.97 Å². The molecule has 1 N–H and O–H groups in total. The Morgan fingerprint density at radius 3 is 2.68 bits per heavy atom. The third-order valence-corrected chi connectivity index (χ3v) is 3.02. The first-order chi connectivity index (χ1) is 9.18. The highest BCUT2D eigenvalue weighted by molar-refractivity contribution is 5.92. The molecule has 0 radical (unpaired) electrons. The largest absolute Gasteiger partial charge is 0.480 e. The maximum Gasteiger partial charge on any atom is 0.323 e. The van der Waals surface area contributed by atoms with E-state index in [2.05, 4.69) is 4.98 Å². The molecule has 3 aromatic rings. The highest BCUT2D eigenvalue weighted by Gasteiger charge is 2.12. The first-order valence-electron chi connectivity index (χ1n) is 5.76. The number of carboxylic acid groups (broad SMARTS) is 1. The molecule has 1 aromatic carbocycles. The predicted molar refractivity (Wildman–Crippen MR) is 71.1 cm³/mol. The first kappa shape index (κ1) is 11.4. The molecule has 19 heavy (non-hydrogen) atoms. The van der Waals surface area contributed by atoms with Crippen molar-refractivity contribution in [3.63, 3.8) is 0 Å². The van der Waals surface area contributed by atoms with Crippen molar-refractivity contribution >= 4 is 27.9 Å². The maximum atomic E-state index is 12.3. The molecule has 94 valence electrons. The maximum absolute atomic E-state index is 12.3. The summed E-state index contributed by atoms with van der Waals surface area (Å²) in [5.74, 6) is -0.972. The van der Waals surface area contributed by atoms with Crippen molar-refractivity contribution in [1.82, 2.24) is 9.55 Å². The summed E-state index contributed by atoms with van der Waals surface area (Å²) in [5.41, 5.74) is 0.857. The second kappa shape index (κ2) is 4.20. The van der Waals surface area contributed by atoms with Gasteiger partial charge in [0.15, 0.2) is 5.43 Å². The van der Waals surface area contributed by atoms with E-state index in [1.165, 1.54) is 0 Å². The third-order valence-electron chi connectivity index (χ3n) is 3.02. The van der Waals surface area contributed by atoms with Gasteiger partial charge in [0.2, 0.25) is 0 Å². The minimum atomic E-state index is -0.972. The highest BCUT2D eigenvalue weighted by Crippen LogP contribution is 2.17. The van der Waals surface area contributed by atoms with Crippen LogP contribution < -0.4 is 5.43 Å². The van der Waals surface area contributed by atoms with Crippen LogP contribution in [0.4, 0.5) is 0 Å². The molecule has 0 aliphatic carbocycles. The second-order valence-electron chi connectivity index (χ2n) is 4.20. The number of hydrogen-bond donors (Lipinski definition) is 1. The molecule has 3 rings (SSSR count). The van der Waals surface area contributed by atoms with Gasteiger partial charge in [-0.2, -0.15) is 0 Å². The molecule has 2 aromatic heterocycles. The van der Waals surface area contributed by atoms with E-state index >= 15 is 0 Å². The lowest BCUT2D eigenvalue weighted by Crippen LogP contribution is -2.16. The van der Waals surface area contributed by atoms with Gasteiger partial charge in [-0.15, -0.1) is 0 Å². The summed E-state index contributed by atoms with van der Waals surface area (Å²) in [6.45, 7) is -0.228. The molecule has 0 amide bonds. The fourth-order valence-corrected chi connectivity index (χ4v) is 2.24. The van der Waals surface area contributed by atoms with Crippen LogP contribution in [0.3, 0.4) is 0 Å². The normalized spacial score (nSPS) is 10.9. The van der Waals surface area contributed by atoms with E-state index in [0.29, 0.717) is 21.9 Å². The Labute approximate surface area is 107 Å². The van der Waals surface area contributed by atoms with Crippen LogP contribution in [0.2, 0.25) is 0 Å². The molecule has 0 aliphatic heterocycles. The molecule has 0 atom stereocenters. The smallest absolute Gasteiger partial charge is 0.323 e. The molecular formula is C14H10N2O3. The van der Waals surface area contributed by atoms with Crippen molar-refractivity contribution < 1.29 is 9.90 Å². The van der Waals surface area contributed by atoms with E-state index < -0.39 is 5.97 Å². The Bertz CT molecular complexity index is 792. The monoisotopic (exact) mass is 254 g/mol. The molecule has 0 fully saturated rings. The van der Waals surface area contributed by atoms with Crippen molar-refractivity contribution in [3.05, 3.63) is 52.8 Å². The van der Waals surface area contributed by atoms with Gasteiger partial charge in [0.1, 0.15) is 12.2 Å². The Kier molecular flexibility index (Phi) is 2.52. The lowest BCUT2D eigenvalue weighted by Gasteiger charge is -2.11. The van der Waals surface area contributed by atoms with Crippen LogP contribution >= 0.6 is 0 Å². The summed E-state index contributed by atoms with van der Waals surface area (Å²) in [5, 5.41) is 9.97. The van der Waals surface area contributed by atoms with E-state index in [1.807, 2.05) is 0 Å². The van der Waals surface area contributed by atoms with Gasteiger partial charge in [-0.05, 0) is 24.3 Å². The van der Waals surface area contributed by atoms with Crippen molar-refractivity contribution in [2.24, 2.45) is 0 Å². The van der Waals surface area contributed by atoms with Crippen molar-refractivity contribution in [2.45, 2.75) is 6.54 Å². The molecule has 5 heteroatoms. The Morgan fingerprint density at radius 1 is 1.16 bits per heavy atom. The second-order valence-corrected chi connectivity index (χ2v) is 4.20. The van der Waals surface area contributed by atoms with Gasteiger partial charge in [0.05, 0.1) is 10.9 Å². The van der Waals surface area contributed by atoms with Crippen LogP contribution in [0.5, 0.6) is 0 Å². The van der Waals surface area contributed by atoms with E-state index in [4.69, 9.17) is 5.11 Å². The van der Waals surface area contributed by atoms with Gasteiger partial charge in [-0.3, -0.25) is 9.59 Å². The molecule has 0 unspecified atom stereocenters. The number of benzene rings is 1. The molecule has 5 nitrogen and oxygen atoms in total. The topological polar surface area (TPSA) is 72.2 Å². The van der Waals surface area contributed by atoms with Gasteiger partial charge in [-0.25, -0.2) is 4.98 Å². The summed E-state index contributed by atoms with van der Waals surface area (Å²) in [7, 11) is 0. The van der Waals surface area contributed by atoms with Gasteiger partial charge in [0.25, 0.3) is 0 Å². The average molecular weight is 254 g/mol. The Morgan fingerprint density at radius 2 is 1.89 bits per heavy atom. The van der Waals surface area contributed by atoms with Crippen molar-refractivity contribution in [2.75, 3.05) is 0 Å². The molecular weight excluding hydrogens is 244 g/mol. The number of hydrogen-bond acceptors (Lipinski definition) is 3. The molecule has 0 saturated carbocycles. The van der Waals surface area contributed by atoms with Crippen LogP contribution in [-0.2, 0) is 11.3 Å². The Hall–Kier alpha value is -2.69.